The van der Waals surface area contributed by atoms with Gasteiger partial charge in [0.1, 0.15) is 11.6 Å². The van der Waals surface area contributed by atoms with E-state index in [4.69, 9.17) is 5.26 Å². The summed E-state index contributed by atoms with van der Waals surface area (Å²) in [6.07, 6.45) is 0.871. The molecular weight excluding hydrogens is 212 g/mol. The summed E-state index contributed by atoms with van der Waals surface area (Å²) in [5.41, 5.74) is 2.89. The highest BCUT2D eigenvalue weighted by atomic mass is 16.1. The van der Waals surface area contributed by atoms with Crippen LogP contribution in [0.3, 0.4) is 0 Å². The minimum Gasteiger partial charge on any atom is -0.310 e. The maximum Gasteiger partial charge on any atom is 0.268 e. The molecule has 0 unspecified atom stereocenters. The van der Waals surface area contributed by atoms with Crippen molar-refractivity contribution in [1.29, 1.82) is 5.26 Å². The molecule has 1 aromatic carbocycles. The van der Waals surface area contributed by atoms with Gasteiger partial charge in [-0.3, -0.25) is 4.79 Å². The molecular formula is C14H14N2O. The molecule has 0 spiro atoms. The highest BCUT2D eigenvalue weighted by molar-refractivity contribution is 5.87. The average molecular weight is 226 g/mol. The Morgan fingerprint density at radius 2 is 2.12 bits per heavy atom. The van der Waals surface area contributed by atoms with Gasteiger partial charge in [-0.05, 0) is 24.5 Å². The van der Waals surface area contributed by atoms with E-state index >= 15 is 0 Å². The van der Waals surface area contributed by atoms with E-state index in [-0.39, 0.29) is 11.1 Å². The number of fused-ring (bicyclic) bond motifs is 1. The zero-order valence-corrected chi connectivity index (χ0v) is 10.2. The van der Waals surface area contributed by atoms with Gasteiger partial charge in [-0.15, -0.1) is 0 Å². The van der Waals surface area contributed by atoms with E-state index in [1.54, 1.807) is 11.6 Å². The number of para-hydroxylation sites is 1. The first kappa shape index (κ1) is 11.4. The maximum atomic E-state index is 12.0. The van der Waals surface area contributed by atoms with Crippen molar-refractivity contribution in [2.45, 2.75) is 20.3 Å². The molecule has 2 rings (SSSR count). The molecule has 3 heteroatoms. The van der Waals surface area contributed by atoms with Crippen LogP contribution in [0.1, 0.15) is 23.6 Å². The zero-order valence-electron chi connectivity index (χ0n) is 10.2. The minimum atomic E-state index is -0.210. The van der Waals surface area contributed by atoms with Crippen molar-refractivity contribution in [2.75, 3.05) is 0 Å². The zero-order chi connectivity index (χ0) is 12.6. The number of aromatic nitrogens is 1. The number of rotatable bonds is 1. The Morgan fingerprint density at radius 3 is 2.71 bits per heavy atom. The Balaban J connectivity index is 3.10. The van der Waals surface area contributed by atoms with Crippen LogP contribution < -0.4 is 5.56 Å². The maximum absolute atomic E-state index is 12.0. The monoisotopic (exact) mass is 226 g/mol. The minimum absolute atomic E-state index is 0.210. The molecule has 0 bridgehead atoms. The van der Waals surface area contributed by atoms with Gasteiger partial charge in [0.2, 0.25) is 0 Å². The first-order valence-electron chi connectivity index (χ1n) is 5.63. The Bertz CT molecular complexity index is 690. The van der Waals surface area contributed by atoms with Crippen LogP contribution in [0.2, 0.25) is 0 Å². The van der Waals surface area contributed by atoms with Gasteiger partial charge in [-0.1, -0.05) is 25.1 Å². The standard InChI is InChI=1S/C14H14N2O/c1-4-10-6-5-7-11-9(2)12(8-15)14(17)16(3)13(10)11/h5-7H,4H2,1-3H3. The lowest BCUT2D eigenvalue weighted by molar-refractivity contribution is 0.887. The fourth-order valence-electron chi connectivity index (χ4n) is 2.27. The summed E-state index contributed by atoms with van der Waals surface area (Å²) in [6, 6.07) is 7.96. The predicted molar refractivity (Wildman–Crippen MR) is 68.0 cm³/mol. The number of pyridine rings is 1. The Labute approximate surface area is 99.9 Å². The normalized spacial score (nSPS) is 10.5. The van der Waals surface area contributed by atoms with Gasteiger partial charge in [0.05, 0.1) is 5.52 Å². The molecule has 2 aromatic rings. The molecule has 0 saturated carbocycles. The lowest BCUT2D eigenvalue weighted by atomic mass is 10.0. The van der Waals surface area contributed by atoms with Crippen LogP contribution in [0.5, 0.6) is 0 Å². The van der Waals surface area contributed by atoms with Crippen molar-refractivity contribution in [2.24, 2.45) is 7.05 Å². The van der Waals surface area contributed by atoms with Crippen LogP contribution in [-0.2, 0) is 13.5 Å². The second kappa shape index (κ2) is 4.06. The summed E-state index contributed by atoms with van der Waals surface area (Å²) in [7, 11) is 1.73. The Morgan fingerprint density at radius 1 is 1.41 bits per heavy atom. The first-order chi connectivity index (χ1) is 8.11. The van der Waals surface area contributed by atoms with E-state index in [1.807, 2.05) is 31.2 Å². The molecule has 0 saturated heterocycles. The van der Waals surface area contributed by atoms with Gasteiger partial charge < -0.3 is 4.57 Å². The highest BCUT2D eigenvalue weighted by Crippen LogP contribution is 2.22. The number of aryl methyl sites for hydroxylation is 3. The van der Waals surface area contributed by atoms with Gasteiger partial charge >= 0.3 is 0 Å². The third-order valence-electron chi connectivity index (χ3n) is 3.25. The van der Waals surface area contributed by atoms with Crippen molar-refractivity contribution >= 4 is 10.9 Å². The third kappa shape index (κ3) is 1.53. The summed E-state index contributed by atoms with van der Waals surface area (Å²) in [5, 5.41) is 10.0. The second-order valence-electron chi connectivity index (χ2n) is 4.14. The fraction of sp³-hybridized carbons (Fsp3) is 0.286. The summed E-state index contributed by atoms with van der Waals surface area (Å²) in [5.74, 6) is 0. The lowest BCUT2D eigenvalue weighted by Gasteiger charge is -2.12. The van der Waals surface area contributed by atoms with E-state index < -0.39 is 0 Å². The molecule has 3 nitrogen and oxygen atoms in total. The van der Waals surface area contributed by atoms with Crippen LogP contribution in [0, 0.1) is 18.3 Å². The Hall–Kier alpha value is -2.08. The van der Waals surface area contributed by atoms with Crippen LogP contribution >= 0.6 is 0 Å². The SMILES string of the molecule is CCc1cccc2c(C)c(C#N)c(=O)n(C)c12. The van der Waals surface area contributed by atoms with Crippen LogP contribution in [0.25, 0.3) is 10.9 Å². The van der Waals surface area contributed by atoms with Gasteiger partial charge in [-0.2, -0.15) is 5.26 Å². The number of nitriles is 1. The Kier molecular flexibility index (Phi) is 2.72. The number of benzene rings is 1. The topological polar surface area (TPSA) is 45.8 Å². The fourth-order valence-corrected chi connectivity index (χ4v) is 2.27. The molecule has 86 valence electrons. The van der Waals surface area contributed by atoms with Crippen molar-refractivity contribution in [3.8, 4) is 6.07 Å². The summed E-state index contributed by atoms with van der Waals surface area (Å²) >= 11 is 0. The molecule has 0 aliphatic heterocycles. The molecule has 0 fully saturated rings. The van der Waals surface area contributed by atoms with Crippen molar-refractivity contribution in [3.63, 3.8) is 0 Å². The highest BCUT2D eigenvalue weighted by Gasteiger charge is 2.13. The molecule has 1 heterocycles. The molecule has 0 N–H and O–H groups in total. The van der Waals surface area contributed by atoms with Crippen LogP contribution in [0.15, 0.2) is 23.0 Å². The van der Waals surface area contributed by atoms with Gasteiger partial charge in [0, 0.05) is 12.4 Å². The molecule has 1 aromatic heterocycles. The smallest absolute Gasteiger partial charge is 0.268 e. The number of hydrogen-bond donors (Lipinski definition) is 0. The summed E-state index contributed by atoms with van der Waals surface area (Å²) in [6.45, 7) is 3.90. The van der Waals surface area contributed by atoms with E-state index in [2.05, 4.69) is 6.92 Å². The van der Waals surface area contributed by atoms with Gasteiger partial charge in [-0.25, -0.2) is 0 Å². The van der Waals surface area contributed by atoms with Crippen LogP contribution in [-0.4, -0.2) is 4.57 Å². The van der Waals surface area contributed by atoms with E-state index in [0.717, 1.165) is 28.5 Å². The molecule has 0 aliphatic rings. The van der Waals surface area contributed by atoms with Crippen molar-refractivity contribution < 1.29 is 0 Å². The summed E-state index contributed by atoms with van der Waals surface area (Å²) < 4.78 is 1.58. The quantitative estimate of drug-likeness (QED) is 0.748. The number of nitrogens with zero attached hydrogens (tertiary/aromatic N) is 2. The first-order valence-corrected chi connectivity index (χ1v) is 5.63. The van der Waals surface area contributed by atoms with E-state index in [0.29, 0.717) is 0 Å². The molecule has 0 aliphatic carbocycles. The summed E-state index contributed by atoms with van der Waals surface area (Å²) in [4.78, 5) is 12.0. The van der Waals surface area contributed by atoms with E-state index in [1.165, 1.54) is 0 Å². The second-order valence-corrected chi connectivity index (χ2v) is 4.14. The molecule has 0 amide bonds. The largest absolute Gasteiger partial charge is 0.310 e. The third-order valence-corrected chi connectivity index (χ3v) is 3.25. The van der Waals surface area contributed by atoms with Gasteiger partial charge in [0.25, 0.3) is 5.56 Å². The lowest BCUT2D eigenvalue weighted by Crippen LogP contribution is -2.22. The molecule has 0 atom stereocenters. The predicted octanol–water partition coefficient (Wildman–Crippen LogP) is 2.28. The van der Waals surface area contributed by atoms with Gasteiger partial charge in [0.15, 0.2) is 0 Å². The van der Waals surface area contributed by atoms with Crippen molar-refractivity contribution in [3.05, 3.63) is 45.2 Å². The molecule has 0 radical (unpaired) electrons. The molecule has 17 heavy (non-hydrogen) atoms. The van der Waals surface area contributed by atoms with Crippen molar-refractivity contribution in [1.82, 2.24) is 4.57 Å². The van der Waals surface area contributed by atoms with E-state index in [9.17, 15) is 4.79 Å². The van der Waals surface area contributed by atoms with Crippen LogP contribution in [0.4, 0.5) is 0 Å². The number of hydrogen-bond acceptors (Lipinski definition) is 2. The average Bonchev–Trinajstić information content (AvgIpc) is 2.36.